The van der Waals surface area contributed by atoms with Crippen LogP contribution in [0, 0.1) is 11.8 Å². The topological polar surface area (TPSA) is 63.6 Å². The molecule has 0 aromatic rings. The van der Waals surface area contributed by atoms with Crippen LogP contribution in [0.2, 0.25) is 0 Å². The second kappa shape index (κ2) is 9.72. The number of aliphatic hydroxyl groups is 1. The fourth-order valence-electron chi connectivity index (χ4n) is 1.71. The molecule has 0 spiro atoms. The summed E-state index contributed by atoms with van der Waals surface area (Å²) in [6.45, 7) is 12.3. The predicted octanol–water partition coefficient (Wildman–Crippen LogP) is 3.87. The van der Waals surface area contributed by atoms with Gasteiger partial charge in [0.15, 0.2) is 0 Å². The average molecular weight is 300 g/mol. The number of carbonyl (C=O) groups is 2. The SMILES string of the molecule is C.C=C1CCC(C)C(C)(O)O1.CC(=O)CCC(C)C(C)=O. The Morgan fingerprint density at radius 2 is 2.00 bits per heavy atom. The first kappa shape index (κ1) is 22.1. The Labute approximate surface area is 129 Å². The normalized spacial score (nSPS) is 25.6. The molecular weight excluding hydrogens is 268 g/mol. The maximum Gasteiger partial charge on any atom is 0.207 e. The van der Waals surface area contributed by atoms with Crippen molar-refractivity contribution >= 4 is 11.6 Å². The van der Waals surface area contributed by atoms with Crippen LogP contribution in [0.15, 0.2) is 12.3 Å². The number of carbonyl (C=O) groups excluding carboxylic acids is 2. The molecule has 0 bridgehead atoms. The fraction of sp³-hybridized carbons (Fsp3) is 0.765. The molecule has 4 nitrogen and oxygen atoms in total. The van der Waals surface area contributed by atoms with Crippen molar-refractivity contribution in [3.05, 3.63) is 12.3 Å². The van der Waals surface area contributed by atoms with E-state index in [2.05, 4.69) is 6.58 Å². The van der Waals surface area contributed by atoms with Gasteiger partial charge in [0.05, 0.1) is 5.76 Å². The number of ketones is 2. The van der Waals surface area contributed by atoms with Crippen LogP contribution in [0.3, 0.4) is 0 Å². The monoisotopic (exact) mass is 300 g/mol. The highest BCUT2D eigenvalue weighted by molar-refractivity contribution is 5.79. The highest BCUT2D eigenvalue weighted by Crippen LogP contribution is 2.32. The molecule has 1 rings (SSSR count). The minimum Gasteiger partial charge on any atom is -0.468 e. The van der Waals surface area contributed by atoms with Gasteiger partial charge in [0.2, 0.25) is 5.79 Å². The molecule has 3 unspecified atom stereocenters. The molecule has 1 aliphatic heterocycles. The van der Waals surface area contributed by atoms with Crippen LogP contribution in [0.25, 0.3) is 0 Å². The first-order valence-corrected chi connectivity index (χ1v) is 7.15. The van der Waals surface area contributed by atoms with Crippen LogP contribution in [0.5, 0.6) is 0 Å². The van der Waals surface area contributed by atoms with Crippen LogP contribution in [-0.2, 0) is 14.3 Å². The zero-order chi connectivity index (χ0) is 15.9. The highest BCUT2D eigenvalue weighted by Gasteiger charge is 2.34. The van der Waals surface area contributed by atoms with E-state index in [1.807, 2.05) is 13.8 Å². The van der Waals surface area contributed by atoms with Crippen molar-refractivity contribution < 1.29 is 19.4 Å². The van der Waals surface area contributed by atoms with Crippen LogP contribution < -0.4 is 0 Å². The number of ether oxygens (including phenoxy) is 1. The molecular formula is C17H32O4. The van der Waals surface area contributed by atoms with E-state index in [9.17, 15) is 14.7 Å². The Morgan fingerprint density at radius 3 is 2.33 bits per heavy atom. The summed E-state index contributed by atoms with van der Waals surface area (Å²) in [6, 6.07) is 0. The van der Waals surface area contributed by atoms with Crippen molar-refractivity contribution in [3.63, 3.8) is 0 Å². The molecule has 1 saturated heterocycles. The Morgan fingerprint density at radius 1 is 1.48 bits per heavy atom. The van der Waals surface area contributed by atoms with E-state index in [0.29, 0.717) is 18.6 Å². The summed E-state index contributed by atoms with van der Waals surface area (Å²) in [4.78, 5) is 21.1. The molecule has 0 radical (unpaired) electrons. The number of hydrogen-bond donors (Lipinski definition) is 1. The molecule has 3 atom stereocenters. The summed E-state index contributed by atoms with van der Waals surface area (Å²) < 4.78 is 5.15. The molecule has 0 amide bonds. The molecule has 0 aliphatic carbocycles. The zero-order valence-electron chi connectivity index (χ0n) is 13.4. The minimum absolute atomic E-state index is 0. The van der Waals surface area contributed by atoms with Gasteiger partial charge in [-0.2, -0.15) is 0 Å². The van der Waals surface area contributed by atoms with Crippen LogP contribution >= 0.6 is 0 Å². The van der Waals surface area contributed by atoms with Crippen LogP contribution in [-0.4, -0.2) is 22.5 Å². The molecule has 4 heteroatoms. The van der Waals surface area contributed by atoms with E-state index in [-0.39, 0.29) is 30.8 Å². The van der Waals surface area contributed by atoms with Crippen molar-refractivity contribution in [2.75, 3.05) is 0 Å². The van der Waals surface area contributed by atoms with Gasteiger partial charge in [0, 0.05) is 31.6 Å². The third-order valence-electron chi connectivity index (χ3n) is 3.74. The maximum atomic E-state index is 10.6. The van der Waals surface area contributed by atoms with Gasteiger partial charge < -0.3 is 14.6 Å². The van der Waals surface area contributed by atoms with Crippen molar-refractivity contribution in [3.8, 4) is 0 Å². The van der Waals surface area contributed by atoms with E-state index in [1.165, 1.54) is 0 Å². The second-order valence-corrected chi connectivity index (χ2v) is 5.89. The molecule has 0 aromatic carbocycles. The summed E-state index contributed by atoms with van der Waals surface area (Å²) in [7, 11) is 0. The number of Topliss-reactive ketones (excluding diaryl/α,β-unsaturated/α-hetero) is 2. The first-order valence-electron chi connectivity index (χ1n) is 7.15. The van der Waals surface area contributed by atoms with Crippen LogP contribution in [0.4, 0.5) is 0 Å². The summed E-state index contributed by atoms with van der Waals surface area (Å²) in [5, 5.41) is 9.53. The van der Waals surface area contributed by atoms with Crippen molar-refractivity contribution in [2.24, 2.45) is 11.8 Å². The number of hydrogen-bond acceptors (Lipinski definition) is 4. The van der Waals surface area contributed by atoms with Crippen molar-refractivity contribution in [2.45, 2.75) is 73.5 Å². The lowest BCUT2D eigenvalue weighted by Crippen LogP contribution is -2.38. The second-order valence-electron chi connectivity index (χ2n) is 5.89. The van der Waals surface area contributed by atoms with E-state index in [0.717, 1.165) is 12.8 Å². The third-order valence-corrected chi connectivity index (χ3v) is 3.74. The lowest BCUT2D eigenvalue weighted by Gasteiger charge is -2.36. The Hall–Kier alpha value is -1.16. The first-order chi connectivity index (χ1) is 9.06. The molecule has 0 aromatic heterocycles. The summed E-state index contributed by atoms with van der Waals surface area (Å²) in [6.07, 6.45) is 3.06. The van der Waals surface area contributed by atoms with Gasteiger partial charge >= 0.3 is 0 Å². The standard InChI is InChI=1S/2C8H14O2.CH4/c1-6-4-5-7(2)10-8(6,3)9;1-6(8(3)10)4-5-7(2)9;/h6,9H,2,4-5H2,1,3H3;6H,4-5H2,1-3H3;1H4. The molecule has 1 fully saturated rings. The molecule has 1 N–H and O–H groups in total. The quantitative estimate of drug-likeness (QED) is 0.856. The largest absolute Gasteiger partial charge is 0.468 e. The maximum absolute atomic E-state index is 10.6. The minimum atomic E-state index is -0.991. The average Bonchev–Trinajstić information content (AvgIpc) is 2.31. The number of rotatable bonds is 4. The summed E-state index contributed by atoms with van der Waals surface area (Å²) in [5.41, 5.74) is 0. The van der Waals surface area contributed by atoms with Gasteiger partial charge in [0.1, 0.15) is 11.6 Å². The Balaban J connectivity index is 0. The van der Waals surface area contributed by atoms with E-state index in [1.54, 1.807) is 20.8 Å². The number of allylic oxidation sites excluding steroid dienone is 1. The molecule has 21 heavy (non-hydrogen) atoms. The molecule has 1 aliphatic rings. The van der Waals surface area contributed by atoms with Crippen molar-refractivity contribution in [1.82, 2.24) is 0 Å². The van der Waals surface area contributed by atoms with Gasteiger partial charge in [-0.05, 0) is 26.7 Å². The zero-order valence-corrected chi connectivity index (χ0v) is 13.4. The Kier molecular flexibility index (Phi) is 10.2. The third kappa shape index (κ3) is 9.40. The van der Waals surface area contributed by atoms with Gasteiger partial charge in [-0.1, -0.05) is 27.9 Å². The van der Waals surface area contributed by atoms with Crippen molar-refractivity contribution in [1.29, 1.82) is 0 Å². The molecule has 124 valence electrons. The molecule has 0 saturated carbocycles. The summed E-state index contributed by atoms with van der Waals surface area (Å²) >= 11 is 0. The van der Waals surface area contributed by atoms with E-state index < -0.39 is 5.79 Å². The van der Waals surface area contributed by atoms with E-state index in [4.69, 9.17) is 4.74 Å². The van der Waals surface area contributed by atoms with Gasteiger partial charge in [-0.15, -0.1) is 0 Å². The fourth-order valence-corrected chi connectivity index (χ4v) is 1.71. The van der Waals surface area contributed by atoms with Crippen LogP contribution in [0.1, 0.15) is 67.7 Å². The molecule has 1 heterocycles. The van der Waals surface area contributed by atoms with E-state index >= 15 is 0 Å². The highest BCUT2D eigenvalue weighted by atomic mass is 16.6. The van der Waals surface area contributed by atoms with Gasteiger partial charge in [-0.25, -0.2) is 0 Å². The lowest BCUT2D eigenvalue weighted by atomic mass is 9.93. The predicted molar refractivity (Wildman–Crippen MR) is 85.7 cm³/mol. The summed E-state index contributed by atoms with van der Waals surface area (Å²) in [5.74, 6) is 0.286. The Bertz CT molecular complexity index is 358. The lowest BCUT2D eigenvalue weighted by molar-refractivity contribution is -0.213. The smallest absolute Gasteiger partial charge is 0.207 e. The van der Waals surface area contributed by atoms with Gasteiger partial charge in [-0.3, -0.25) is 4.79 Å². The van der Waals surface area contributed by atoms with Gasteiger partial charge in [0.25, 0.3) is 0 Å².